The van der Waals surface area contributed by atoms with Crippen LogP contribution in [-0.2, 0) is 17.8 Å². The second-order valence-electron chi connectivity index (χ2n) is 5.93. The predicted octanol–water partition coefficient (Wildman–Crippen LogP) is 2.83. The number of carbonyl (C=O) groups is 1. The monoisotopic (exact) mass is 295 g/mol. The first kappa shape index (κ1) is 13.6. The van der Waals surface area contributed by atoms with Crippen molar-refractivity contribution in [2.75, 3.05) is 6.61 Å². The quantitative estimate of drug-likeness (QED) is 0.879. The maximum absolute atomic E-state index is 11.9. The Kier molecular flexibility index (Phi) is 3.28. The van der Waals surface area contributed by atoms with E-state index in [0.29, 0.717) is 19.6 Å². The highest BCUT2D eigenvalue weighted by atomic mass is 16.5. The van der Waals surface area contributed by atoms with E-state index in [1.807, 2.05) is 18.3 Å². The molecule has 4 rings (SSSR count). The van der Waals surface area contributed by atoms with Gasteiger partial charge in [-0.1, -0.05) is 18.2 Å². The number of nitrogens with zero attached hydrogens (tertiary/aromatic N) is 1. The lowest BCUT2D eigenvalue weighted by Gasteiger charge is -2.24. The number of ether oxygens (including phenoxy) is 1. The Morgan fingerprint density at radius 3 is 3.00 bits per heavy atom. The van der Waals surface area contributed by atoms with Gasteiger partial charge in [-0.05, 0) is 29.5 Å². The summed E-state index contributed by atoms with van der Waals surface area (Å²) in [7, 11) is 0. The van der Waals surface area contributed by atoms with Crippen LogP contribution in [-0.4, -0.2) is 22.5 Å². The summed E-state index contributed by atoms with van der Waals surface area (Å²) in [6.45, 7) is 0.803. The van der Waals surface area contributed by atoms with Gasteiger partial charge in [0, 0.05) is 35.5 Å². The SMILES string of the molecule is O=C1CCCc2cc(-c3cncc4c3COCC4O)ccc21. The van der Waals surface area contributed by atoms with Crippen LogP contribution in [0.25, 0.3) is 11.1 Å². The van der Waals surface area contributed by atoms with Crippen LogP contribution in [0.1, 0.15) is 46.0 Å². The number of carbonyl (C=O) groups excluding carboxylic acids is 1. The van der Waals surface area contributed by atoms with Crippen LogP contribution >= 0.6 is 0 Å². The Labute approximate surface area is 128 Å². The first-order valence-corrected chi connectivity index (χ1v) is 7.63. The lowest BCUT2D eigenvalue weighted by Crippen LogP contribution is -2.17. The number of hydrogen-bond donors (Lipinski definition) is 1. The normalized spacial score (nSPS) is 20.4. The summed E-state index contributed by atoms with van der Waals surface area (Å²) >= 11 is 0. The molecule has 1 unspecified atom stereocenters. The van der Waals surface area contributed by atoms with E-state index in [0.717, 1.165) is 46.2 Å². The lowest BCUT2D eigenvalue weighted by molar-refractivity contribution is 0.00981. The van der Waals surface area contributed by atoms with Gasteiger partial charge in [-0.3, -0.25) is 9.78 Å². The molecule has 112 valence electrons. The van der Waals surface area contributed by atoms with Crippen LogP contribution in [0.15, 0.2) is 30.6 Å². The predicted molar refractivity (Wildman–Crippen MR) is 81.6 cm³/mol. The lowest BCUT2D eigenvalue weighted by atomic mass is 9.87. The molecule has 1 atom stereocenters. The molecule has 22 heavy (non-hydrogen) atoms. The molecule has 0 saturated heterocycles. The molecular weight excluding hydrogens is 278 g/mol. The largest absolute Gasteiger partial charge is 0.386 e. The van der Waals surface area contributed by atoms with Gasteiger partial charge in [-0.25, -0.2) is 0 Å². The first-order chi connectivity index (χ1) is 10.7. The van der Waals surface area contributed by atoms with E-state index >= 15 is 0 Å². The zero-order valence-electron chi connectivity index (χ0n) is 12.2. The van der Waals surface area contributed by atoms with Crippen molar-refractivity contribution in [3.8, 4) is 11.1 Å². The summed E-state index contributed by atoms with van der Waals surface area (Å²) in [4.78, 5) is 16.2. The van der Waals surface area contributed by atoms with Gasteiger partial charge in [0.15, 0.2) is 5.78 Å². The summed E-state index contributed by atoms with van der Waals surface area (Å²) in [5, 5.41) is 10.0. The summed E-state index contributed by atoms with van der Waals surface area (Å²) in [6, 6.07) is 5.98. The highest BCUT2D eigenvalue weighted by molar-refractivity contribution is 5.99. The van der Waals surface area contributed by atoms with Crippen LogP contribution in [0.3, 0.4) is 0 Å². The number of aliphatic hydroxyl groups is 1. The summed E-state index contributed by atoms with van der Waals surface area (Å²) in [6.07, 6.45) is 5.42. The third-order valence-corrected chi connectivity index (χ3v) is 4.54. The van der Waals surface area contributed by atoms with Gasteiger partial charge in [0.05, 0.1) is 13.2 Å². The average molecular weight is 295 g/mol. The molecule has 1 aliphatic carbocycles. The minimum atomic E-state index is -0.615. The second-order valence-corrected chi connectivity index (χ2v) is 5.93. The number of benzene rings is 1. The van der Waals surface area contributed by atoms with Crippen LogP contribution in [0.2, 0.25) is 0 Å². The fourth-order valence-corrected chi connectivity index (χ4v) is 3.38. The molecule has 2 aliphatic rings. The minimum absolute atomic E-state index is 0.236. The zero-order chi connectivity index (χ0) is 15.1. The molecule has 1 aromatic carbocycles. The molecule has 1 aromatic heterocycles. The van der Waals surface area contributed by atoms with Gasteiger partial charge < -0.3 is 9.84 Å². The van der Waals surface area contributed by atoms with E-state index in [4.69, 9.17) is 4.74 Å². The zero-order valence-corrected chi connectivity index (χ0v) is 12.2. The van der Waals surface area contributed by atoms with Crippen LogP contribution < -0.4 is 0 Å². The molecule has 0 spiro atoms. The van der Waals surface area contributed by atoms with Crippen molar-refractivity contribution in [1.29, 1.82) is 0 Å². The topological polar surface area (TPSA) is 59.4 Å². The number of aliphatic hydroxyl groups excluding tert-OH is 1. The minimum Gasteiger partial charge on any atom is -0.386 e. The summed E-state index contributed by atoms with van der Waals surface area (Å²) in [5.74, 6) is 0.236. The molecule has 1 aliphatic heterocycles. The van der Waals surface area contributed by atoms with Crippen LogP contribution in [0.4, 0.5) is 0 Å². The molecule has 0 bridgehead atoms. The van der Waals surface area contributed by atoms with E-state index in [9.17, 15) is 9.90 Å². The number of ketones is 1. The number of pyridine rings is 1. The van der Waals surface area contributed by atoms with Gasteiger partial charge in [-0.15, -0.1) is 0 Å². The number of rotatable bonds is 1. The smallest absolute Gasteiger partial charge is 0.163 e. The van der Waals surface area contributed by atoms with Crippen molar-refractivity contribution in [1.82, 2.24) is 4.98 Å². The average Bonchev–Trinajstić information content (AvgIpc) is 2.55. The molecule has 0 radical (unpaired) electrons. The Bertz CT molecular complexity index is 754. The Morgan fingerprint density at radius 2 is 2.09 bits per heavy atom. The second kappa shape index (κ2) is 5.30. The molecule has 1 N–H and O–H groups in total. The first-order valence-electron chi connectivity index (χ1n) is 7.63. The highest BCUT2D eigenvalue weighted by Crippen LogP contribution is 2.34. The molecule has 2 aromatic rings. The summed E-state index contributed by atoms with van der Waals surface area (Å²) in [5.41, 5.74) is 5.83. The van der Waals surface area contributed by atoms with Crippen molar-refractivity contribution in [2.24, 2.45) is 0 Å². The van der Waals surface area contributed by atoms with Gasteiger partial charge in [0.2, 0.25) is 0 Å². The molecule has 4 heteroatoms. The van der Waals surface area contributed by atoms with E-state index in [2.05, 4.69) is 11.1 Å². The summed E-state index contributed by atoms with van der Waals surface area (Å²) < 4.78 is 5.47. The van der Waals surface area contributed by atoms with E-state index < -0.39 is 6.10 Å². The van der Waals surface area contributed by atoms with E-state index in [1.165, 1.54) is 0 Å². The Morgan fingerprint density at radius 1 is 1.18 bits per heavy atom. The van der Waals surface area contributed by atoms with Gasteiger partial charge in [0.25, 0.3) is 0 Å². The van der Waals surface area contributed by atoms with Gasteiger partial charge >= 0.3 is 0 Å². The number of Topliss-reactive ketones (excluding diaryl/α,β-unsaturated/α-hetero) is 1. The third-order valence-electron chi connectivity index (χ3n) is 4.54. The van der Waals surface area contributed by atoms with Gasteiger partial charge in [0.1, 0.15) is 6.10 Å². The van der Waals surface area contributed by atoms with E-state index in [-0.39, 0.29) is 5.78 Å². The Hall–Kier alpha value is -2.04. The fraction of sp³-hybridized carbons (Fsp3) is 0.333. The van der Waals surface area contributed by atoms with Crippen LogP contribution in [0.5, 0.6) is 0 Å². The third kappa shape index (κ3) is 2.16. The standard InChI is InChI=1S/C18H17NO3/c20-17-3-1-2-11-6-12(4-5-13(11)17)14-7-19-8-15-16(14)9-22-10-18(15)21/h4-8,18,21H,1-3,9-10H2. The van der Waals surface area contributed by atoms with Crippen molar-refractivity contribution in [2.45, 2.75) is 32.0 Å². The Balaban J connectivity index is 1.83. The number of aryl methyl sites for hydroxylation is 1. The highest BCUT2D eigenvalue weighted by Gasteiger charge is 2.23. The maximum atomic E-state index is 11.9. The molecule has 0 amide bonds. The molecular formula is C18H17NO3. The number of fused-ring (bicyclic) bond motifs is 2. The maximum Gasteiger partial charge on any atom is 0.163 e. The van der Waals surface area contributed by atoms with Crippen molar-refractivity contribution in [3.63, 3.8) is 0 Å². The number of aromatic nitrogens is 1. The fourth-order valence-electron chi connectivity index (χ4n) is 3.38. The molecule has 0 fully saturated rings. The van der Waals surface area contributed by atoms with Gasteiger partial charge in [-0.2, -0.15) is 0 Å². The van der Waals surface area contributed by atoms with Crippen molar-refractivity contribution >= 4 is 5.78 Å². The van der Waals surface area contributed by atoms with Crippen molar-refractivity contribution < 1.29 is 14.6 Å². The molecule has 2 heterocycles. The van der Waals surface area contributed by atoms with Crippen LogP contribution in [0, 0.1) is 0 Å². The van der Waals surface area contributed by atoms with Crippen molar-refractivity contribution in [3.05, 3.63) is 52.8 Å². The number of hydrogen-bond acceptors (Lipinski definition) is 4. The van der Waals surface area contributed by atoms with E-state index in [1.54, 1.807) is 6.20 Å². The molecule has 4 nitrogen and oxygen atoms in total. The molecule has 0 saturated carbocycles.